The summed E-state index contributed by atoms with van der Waals surface area (Å²) in [5.41, 5.74) is -0.190. The van der Waals surface area contributed by atoms with Crippen LogP contribution in [0.1, 0.15) is 69.8 Å². The molecule has 1 unspecified atom stereocenters. The van der Waals surface area contributed by atoms with Gasteiger partial charge in [0.25, 0.3) is 0 Å². The number of ketones is 1. The number of nitrogens with one attached hydrogen (secondary N) is 1. The fourth-order valence-corrected chi connectivity index (χ4v) is 6.08. The number of hydrogen-bond donors (Lipinski definition) is 3. The third-order valence-corrected chi connectivity index (χ3v) is 8.24. The van der Waals surface area contributed by atoms with Crippen LogP contribution in [0.15, 0.2) is 54.6 Å². The van der Waals surface area contributed by atoms with Crippen LogP contribution in [0.5, 0.6) is 0 Å². The number of carbonyl (C=O) groups excluding carboxylic acids is 2. The molecule has 1 aliphatic heterocycles. The Hall–Kier alpha value is -3.30. The van der Waals surface area contributed by atoms with Crippen molar-refractivity contribution >= 4 is 23.7 Å². The Morgan fingerprint density at radius 1 is 0.974 bits per heavy atom. The molecule has 1 saturated heterocycles. The Bertz CT molecular complexity index is 1060. The molecule has 2 fully saturated rings. The van der Waals surface area contributed by atoms with Gasteiger partial charge in [0.1, 0.15) is 11.1 Å². The molecule has 1 aromatic rings. The predicted molar refractivity (Wildman–Crippen MR) is 146 cm³/mol. The minimum atomic E-state index is -1.82. The van der Waals surface area contributed by atoms with Crippen LogP contribution >= 0.6 is 0 Å². The lowest BCUT2D eigenvalue weighted by molar-refractivity contribution is -0.159. The summed E-state index contributed by atoms with van der Waals surface area (Å²) in [6.45, 7) is 3.58. The van der Waals surface area contributed by atoms with E-state index in [1.54, 1.807) is 0 Å². The van der Waals surface area contributed by atoms with Gasteiger partial charge in [0.15, 0.2) is 5.78 Å². The molecule has 3 aliphatic rings. The number of benzene rings is 1. The van der Waals surface area contributed by atoms with Gasteiger partial charge in [-0.25, -0.2) is 9.59 Å². The van der Waals surface area contributed by atoms with Gasteiger partial charge in [0, 0.05) is 25.6 Å². The van der Waals surface area contributed by atoms with E-state index >= 15 is 0 Å². The van der Waals surface area contributed by atoms with E-state index in [1.807, 2.05) is 31.2 Å². The molecular weight excluding hydrogens is 500 g/mol. The van der Waals surface area contributed by atoms with Gasteiger partial charge in [-0.2, -0.15) is 0 Å². The second-order valence-corrected chi connectivity index (χ2v) is 10.5. The van der Waals surface area contributed by atoms with Gasteiger partial charge in [-0.1, -0.05) is 61.6 Å². The molecule has 9 heteroatoms. The lowest BCUT2D eigenvalue weighted by Gasteiger charge is -2.48. The largest absolute Gasteiger partial charge is 0.473 e. The fourth-order valence-electron chi connectivity index (χ4n) is 6.08. The lowest BCUT2D eigenvalue weighted by Crippen LogP contribution is -2.68. The van der Waals surface area contributed by atoms with Gasteiger partial charge >= 0.3 is 17.9 Å². The molecule has 0 radical (unpaired) electrons. The van der Waals surface area contributed by atoms with E-state index in [4.69, 9.17) is 24.5 Å². The number of ether oxygens (including phenoxy) is 1. The van der Waals surface area contributed by atoms with Gasteiger partial charge in [-0.15, -0.1) is 0 Å². The number of hydrogen-bond acceptors (Lipinski definition) is 7. The van der Waals surface area contributed by atoms with Crippen molar-refractivity contribution < 1.29 is 34.1 Å². The fraction of sp³-hybridized carbons (Fsp3) is 0.533. The van der Waals surface area contributed by atoms with Crippen molar-refractivity contribution in [2.24, 2.45) is 0 Å². The monoisotopic (exact) mass is 540 g/mol. The van der Waals surface area contributed by atoms with Gasteiger partial charge in [-0.3, -0.25) is 14.9 Å². The number of nitrogens with zero attached hydrogens (tertiary/aromatic N) is 1. The van der Waals surface area contributed by atoms with Crippen LogP contribution in [0.2, 0.25) is 0 Å². The molecule has 0 aromatic heterocycles. The summed E-state index contributed by atoms with van der Waals surface area (Å²) >= 11 is 0. The third kappa shape index (κ3) is 7.42. The number of carboxylic acid groups (broad SMARTS) is 2. The van der Waals surface area contributed by atoms with Crippen LogP contribution < -0.4 is 5.32 Å². The number of carboxylic acids is 2. The van der Waals surface area contributed by atoms with Crippen LogP contribution in [0.3, 0.4) is 0 Å². The molecule has 39 heavy (non-hydrogen) atoms. The zero-order valence-electron chi connectivity index (χ0n) is 22.8. The summed E-state index contributed by atoms with van der Waals surface area (Å²) in [5.74, 6) is -3.12. The molecule has 1 saturated carbocycles. The molecule has 0 bridgehead atoms. The second-order valence-electron chi connectivity index (χ2n) is 10.5. The Morgan fingerprint density at radius 2 is 1.59 bits per heavy atom. The maximum Gasteiger partial charge on any atom is 0.414 e. The Morgan fingerprint density at radius 3 is 2.08 bits per heavy atom. The van der Waals surface area contributed by atoms with E-state index in [0.29, 0.717) is 37.6 Å². The van der Waals surface area contributed by atoms with Crippen molar-refractivity contribution in [3.63, 3.8) is 0 Å². The summed E-state index contributed by atoms with van der Waals surface area (Å²) in [7, 11) is 1.45. The van der Waals surface area contributed by atoms with Gasteiger partial charge < -0.3 is 19.8 Å². The molecule has 3 N–H and O–H groups in total. The van der Waals surface area contributed by atoms with E-state index in [1.165, 1.54) is 38.4 Å². The molecule has 212 valence electrons. The molecule has 4 rings (SSSR count). The topological polar surface area (TPSA) is 133 Å². The number of Topliss-reactive ketones (excluding diaryl/α,β-unsaturated/α-hetero) is 1. The van der Waals surface area contributed by atoms with E-state index in [2.05, 4.69) is 40.5 Å². The number of methoxy groups -OCH3 is 1. The normalized spacial score (nSPS) is 26.1. The van der Waals surface area contributed by atoms with E-state index in [0.717, 1.165) is 13.1 Å². The quantitative estimate of drug-likeness (QED) is 0.350. The van der Waals surface area contributed by atoms with Crippen molar-refractivity contribution in [3.8, 4) is 0 Å². The minimum Gasteiger partial charge on any atom is -0.473 e. The Kier molecular flexibility index (Phi) is 10.6. The number of likely N-dealkylation sites (tertiary alicyclic amines) is 1. The van der Waals surface area contributed by atoms with Crippen LogP contribution in [-0.2, 0) is 23.9 Å². The average Bonchev–Trinajstić information content (AvgIpc) is 2.98. The van der Waals surface area contributed by atoms with Crippen molar-refractivity contribution in [2.45, 2.75) is 81.3 Å². The van der Waals surface area contributed by atoms with Crippen LogP contribution in [0, 0.1) is 0 Å². The minimum absolute atomic E-state index is 0.119. The number of aliphatic carboxylic acids is 2. The highest BCUT2D eigenvalue weighted by Gasteiger charge is 2.50. The summed E-state index contributed by atoms with van der Waals surface area (Å²) in [6, 6.07) is 11.4. The number of esters is 1. The van der Waals surface area contributed by atoms with Gasteiger partial charge in [-0.05, 0) is 56.4 Å². The zero-order valence-corrected chi connectivity index (χ0v) is 22.8. The molecule has 1 atom stereocenters. The third-order valence-electron chi connectivity index (χ3n) is 8.24. The van der Waals surface area contributed by atoms with Crippen molar-refractivity contribution in [2.75, 3.05) is 20.2 Å². The van der Waals surface area contributed by atoms with Gasteiger partial charge in [0.05, 0.1) is 7.11 Å². The highest BCUT2D eigenvalue weighted by atomic mass is 16.5. The van der Waals surface area contributed by atoms with Crippen molar-refractivity contribution in [1.82, 2.24) is 10.2 Å². The van der Waals surface area contributed by atoms with Crippen LogP contribution in [-0.4, -0.2) is 76.1 Å². The zero-order chi connectivity index (χ0) is 28.5. The van der Waals surface area contributed by atoms with E-state index in [-0.39, 0.29) is 11.8 Å². The first-order valence-electron chi connectivity index (χ1n) is 13.7. The Balaban J connectivity index is 0.000000631. The van der Waals surface area contributed by atoms with Crippen molar-refractivity contribution in [3.05, 3.63) is 60.2 Å². The maximum absolute atomic E-state index is 13.0. The molecule has 1 heterocycles. The molecule has 2 aliphatic carbocycles. The predicted octanol–water partition coefficient (Wildman–Crippen LogP) is 3.70. The van der Waals surface area contributed by atoms with Gasteiger partial charge in [0.2, 0.25) is 0 Å². The van der Waals surface area contributed by atoms with Crippen LogP contribution in [0.25, 0.3) is 0 Å². The summed E-state index contributed by atoms with van der Waals surface area (Å²) < 4.78 is 5.26. The maximum atomic E-state index is 13.0. The van der Waals surface area contributed by atoms with Crippen molar-refractivity contribution in [1.29, 1.82) is 0 Å². The number of rotatable bonds is 7. The highest BCUT2D eigenvalue weighted by Crippen LogP contribution is 2.37. The second kappa shape index (κ2) is 13.7. The first kappa shape index (κ1) is 30.2. The lowest BCUT2D eigenvalue weighted by atomic mass is 9.77. The highest BCUT2D eigenvalue weighted by molar-refractivity contribution is 6.27. The molecule has 0 spiro atoms. The smallest absolute Gasteiger partial charge is 0.414 e. The number of allylic oxidation sites excluding steroid dienone is 2. The molecule has 0 amide bonds. The Labute approximate surface area is 229 Å². The summed E-state index contributed by atoms with van der Waals surface area (Å²) in [6.07, 6.45) is 15.0. The number of carbonyl (C=O) groups is 4. The first-order chi connectivity index (χ1) is 18.7. The number of piperidine rings is 1. The van der Waals surface area contributed by atoms with E-state index in [9.17, 15) is 9.59 Å². The first-order valence-corrected chi connectivity index (χ1v) is 13.7. The standard InChI is InChI=1S/C28H38N2O3.C2H2O4/c1-3-25(31)27(16-8-5-9-17-27)29-28(26(32)33-2)18-20-30(21-19-28)24-14-12-23(13-15-24)22-10-6-4-7-11-22;3-1(4)2(5)6/h4-11,16,23-24,29H,3,12-15,17-21H2,1-2H3;(H,3,4)(H,5,6). The summed E-state index contributed by atoms with van der Waals surface area (Å²) in [4.78, 5) is 46.8. The average molecular weight is 541 g/mol. The molecule has 1 aromatic carbocycles. The van der Waals surface area contributed by atoms with E-state index < -0.39 is 23.0 Å². The molecular formula is C30H40N2O7. The summed E-state index contributed by atoms with van der Waals surface area (Å²) in [5, 5.41) is 18.3. The SMILES string of the molecule is CCC(=O)C1(NC2(C(=O)OC)CCN(C3CCC(c4ccccc4)CC3)CC2)C=CC=CC1.O=C(O)C(=O)O. The van der Waals surface area contributed by atoms with Crippen LogP contribution in [0.4, 0.5) is 0 Å². The molecule has 9 nitrogen and oxygen atoms in total.